The number of halogens is 1. The maximum absolute atomic E-state index is 11.9. The molecule has 1 aromatic carbocycles. The molecule has 1 saturated heterocycles. The summed E-state index contributed by atoms with van der Waals surface area (Å²) in [5, 5.41) is 3.81. The molecule has 0 aromatic heterocycles. The van der Waals surface area contributed by atoms with Crippen LogP contribution in [0.1, 0.15) is 12.8 Å². The minimum Gasteiger partial charge on any atom is -0.367 e. The smallest absolute Gasteiger partial charge is 0.317 e. The Hall–Kier alpha value is -1.42. The fourth-order valence-electron chi connectivity index (χ4n) is 2.35. The van der Waals surface area contributed by atoms with Gasteiger partial charge in [0.15, 0.2) is 0 Å². The van der Waals surface area contributed by atoms with Gasteiger partial charge >= 0.3 is 6.03 Å². The zero-order chi connectivity index (χ0) is 13.2. The second-order valence-corrected chi connectivity index (χ2v) is 5.56. The molecule has 0 bridgehead atoms. The van der Waals surface area contributed by atoms with Crippen molar-refractivity contribution in [2.75, 3.05) is 31.1 Å². The van der Waals surface area contributed by atoms with Crippen LogP contribution in [0.2, 0.25) is 5.02 Å². The molecule has 1 aromatic rings. The molecule has 0 spiro atoms. The lowest BCUT2D eigenvalue weighted by molar-refractivity contribution is 0.194. The van der Waals surface area contributed by atoms with Crippen LogP contribution < -0.4 is 10.2 Å². The zero-order valence-electron chi connectivity index (χ0n) is 10.8. The second-order valence-electron chi connectivity index (χ2n) is 5.15. The van der Waals surface area contributed by atoms with Gasteiger partial charge < -0.3 is 15.1 Å². The average molecular weight is 280 g/mol. The molecule has 3 rings (SSSR count). The maximum atomic E-state index is 11.9. The first-order valence-electron chi connectivity index (χ1n) is 6.79. The number of carbonyl (C=O) groups is 1. The van der Waals surface area contributed by atoms with Gasteiger partial charge in [-0.25, -0.2) is 4.79 Å². The standard InChI is InChI=1S/C14H18ClN3O/c15-12-3-1-2-4-13(12)17-7-9-18(10-8-17)14(19)16-11-5-6-11/h1-4,11H,5-10H2,(H,16,19). The Bertz CT molecular complexity index is 468. The molecule has 0 radical (unpaired) electrons. The predicted octanol–water partition coefficient (Wildman–Crippen LogP) is 2.33. The van der Waals surface area contributed by atoms with Crippen molar-refractivity contribution in [1.82, 2.24) is 10.2 Å². The number of urea groups is 1. The summed E-state index contributed by atoms with van der Waals surface area (Å²) in [6, 6.07) is 8.37. The number of carbonyl (C=O) groups excluding carboxylic acids is 1. The van der Waals surface area contributed by atoms with E-state index in [4.69, 9.17) is 11.6 Å². The van der Waals surface area contributed by atoms with E-state index in [-0.39, 0.29) is 6.03 Å². The van der Waals surface area contributed by atoms with E-state index >= 15 is 0 Å². The molecule has 2 fully saturated rings. The number of benzene rings is 1. The second kappa shape index (κ2) is 5.29. The molecule has 2 aliphatic rings. The molecular weight excluding hydrogens is 262 g/mol. The van der Waals surface area contributed by atoms with Crippen molar-refractivity contribution < 1.29 is 4.79 Å². The van der Waals surface area contributed by atoms with E-state index in [9.17, 15) is 4.79 Å². The van der Waals surface area contributed by atoms with Gasteiger partial charge in [0.25, 0.3) is 0 Å². The largest absolute Gasteiger partial charge is 0.367 e. The quantitative estimate of drug-likeness (QED) is 0.902. The highest BCUT2D eigenvalue weighted by Gasteiger charge is 2.28. The van der Waals surface area contributed by atoms with Gasteiger partial charge in [-0.2, -0.15) is 0 Å². The maximum Gasteiger partial charge on any atom is 0.317 e. The van der Waals surface area contributed by atoms with Crippen LogP contribution in [0, 0.1) is 0 Å². The molecule has 0 unspecified atom stereocenters. The lowest BCUT2D eigenvalue weighted by Crippen LogP contribution is -2.52. The van der Waals surface area contributed by atoms with Crippen LogP contribution in [-0.2, 0) is 0 Å². The Morgan fingerprint density at radius 2 is 1.84 bits per heavy atom. The van der Waals surface area contributed by atoms with Crippen LogP contribution >= 0.6 is 11.6 Å². The molecule has 102 valence electrons. The summed E-state index contributed by atoms with van der Waals surface area (Å²) >= 11 is 6.20. The minimum absolute atomic E-state index is 0.0845. The molecule has 0 atom stereocenters. The van der Waals surface area contributed by atoms with Gasteiger partial charge in [-0.05, 0) is 25.0 Å². The van der Waals surface area contributed by atoms with Crippen molar-refractivity contribution in [2.45, 2.75) is 18.9 Å². The van der Waals surface area contributed by atoms with E-state index in [1.54, 1.807) is 0 Å². The molecule has 1 aliphatic carbocycles. The summed E-state index contributed by atoms with van der Waals surface area (Å²) < 4.78 is 0. The normalized spacial score (nSPS) is 19.4. The highest BCUT2D eigenvalue weighted by molar-refractivity contribution is 6.33. The third kappa shape index (κ3) is 2.95. The topological polar surface area (TPSA) is 35.6 Å². The van der Waals surface area contributed by atoms with Crippen molar-refractivity contribution >= 4 is 23.3 Å². The van der Waals surface area contributed by atoms with Crippen LogP contribution in [0.3, 0.4) is 0 Å². The van der Waals surface area contributed by atoms with Crippen molar-refractivity contribution in [2.24, 2.45) is 0 Å². The predicted molar refractivity (Wildman–Crippen MR) is 76.8 cm³/mol. The molecule has 2 amide bonds. The number of hydrogen-bond acceptors (Lipinski definition) is 2. The minimum atomic E-state index is 0.0845. The number of anilines is 1. The van der Waals surface area contributed by atoms with E-state index in [1.165, 1.54) is 0 Å². The van der Waals surface area contributed by atoms with E-state index in [2.05, 4.69) is 10.2 Å². The molecular formula is C14H18ClN3O. The van der Waals surface area contributed by atoms with Crippen molar-refractivity contribution in [3.8, 4) is 0 Å². The van der Waals surface area contributed by atoms with Crippen molar-refractivity contribution in [3.05, 3.63) is 29.3 Å². The summed E-state index contributed by atoms with van der Waals surface area (Å²) in [6.07, 6.45) is 2.26. The highest BCUT2D eigenvalue weighted by atomic mass is 35.5. The van der Waals surface area contributed by atoms with E-state index < -0.39 is 0 Å². The monoisotopic (exact) mass is 279 g/mol. The Morgan fingerprint density at radius 1 is 1.16 bits per heavy atom. The van der Waals surface area contributed by atoms with Gasteiger partial charge in [-0.15, -0.1) is 0 Å². The number of nitrogens with one attached hydrogen (secondary N) is 1. The summed E-state index contributed by atoms with van der Waals surface area (Å²) in [5.41, 5.74) is 1.06. The first kappa shape index (κ1) is 12.6. The Labute approximate surface area is 118 Å². The summed E-state index contributed by atoms with van der Waals surface area (Å²) in [7, 11) is 0. The molecule has 1 heterocycles. The Kier molecular flexibility index (Phi) is 3.51. The number of piperazine rings is 1. The molecule has 5 heteroatoms. The van der Waals surface area contributed by atoms with Crippen LogP contribution in [0.25, 0.3) is 0 Å². The average Bonchev–Trinajstić information content (AvgIpc) is 3.23. The van der Waals surface area contributed by atoms with Gasteiger partial charge in [0.1, 0.15) is 0 Å². The molecule has 1 aliphatic heterocycles. The summed E-state index contributed by atoms with van der Waals surface area (Å²) in [5.74, 6) is 0. The van der Waals surface area contributed by atoms with E-state index in [0.717, 1.165) is 49.7 Å². The van der Waals surface area contributed by atoms with Crippen molar-refractivity contribution in [1.29, 1.82) is 0 Å². The van der Waals surface area contributed by atoms with Gasteiger partial charge in [0, 0.05) is 32.2 Å². The number of amides is 2. The van der Waals surface area contributed by atoms with Crippen LogP contribution in [-0.4, -0.2) is 43.2 Å². The molecule has 19 heavy (non-hydrogen) atoms. The first-order chi connectivity index (χ1) is 9.24. The van der Waals surface area contributed by atoms with E-state index in [0.29, 0.717) is 6.04 Å². The number of hydrogen-bond donors (Lipinski definition) is 1. The van der Waals surface area contributed by atoms with Crippen LogP contribution in [0.15, 0.2) is 24.3 Å². The third-order valence-corrected chi connectivity index (χ3v) is 3.98. The summed E-state index contributed by atoms with van der Waals surface area (Å²) in [4.78, 5) is 16.1. The van der Waals surface area contributed by atoms with Gasteiger partial charge in [0.2, 0.25) is 0 Å². The van der Waals surface area contributed by atoms with Crippen LogP contribution in [0.5, 0.6) is 0 Å². The van der Waals surface area contributed by atoms with E-state index in [1.807, 2.05) is 29.2 Å². The SMILES string of the molecule is O=C(NC1CC1)N1CCN(c2ccccc2Cl)CC1. The molecule has 1 N–H and O–H groups in total. The third-order valence-electron chi connectivity index (χ3n) is 3.66. The van der Waals surface area contributed by atoms with Crippen molar-refractivity contribution in [3.63, 3.8) is 0 Å². The van der Waals surface area contributed by atoms with Crippen LogP contribution in [0.4, 0.5) is 10.5 Å². The van der Waals surface area contributed by atoms with Gasteiger partial charge in [-0.3, -0.25) is 0 Å². The lowest BCUT2D eigenvalue weighted by atomic mass is 10.2. The highest BCUT2D eigenvalue weighted by Crippen LogP contribution is 2.26. The first-order valence-corrected chi connectivity index (χ1v) is 7.17. The summed E-state index contributed by atoms with van der Waals surface area (Å²) in [6.45, 7) is 3.18. The fourth-order valence-corrected chi connectivity index (χ4v) is 2.61. The zero-order valence-corrected chi connectivity index (χ0v) is 11.6. The fraction of sp³-hybridized carbons (Fsp3) is 0.500. The number of rotatable bonds is 2. The Morgan fingerprint density at radius 3 is 2.47 bits per heavy atom. The molecule has 1 saturated carbocycles. The lowest BCUT2D eigenvalue weighted by Gasteiger charge is -2.36. The molecule has 4 nitrogen and oxygen atoms in total. The Balaban J connectivity index is 1.57. The number of para-hydroxylation sites is 1. The van der Waals surface area contributed by atoms with Gasteiger partial charge in [-0.1, -0.05) is 23.7 Å². The van der Waals surface area contributed by atoms with Gasteiger partial charge in [0.05, 0.1) is 10.7 Å². The number of nitrogens with zero attached hydrogens (tertiary/aromatic N) is 2.